The van der Waals surface area contributed by atoms with Gasteiger partial charge in [-0.25, -0.2) is 0 Å². The Balaban J connectivity index is 1.97. The third-order valence-electron chi connectivity index (χ3n) is 5.59. The summed E-state index contributed by atoms with van der Waals surface area (Å²) in [6.07, 6.45) is 3.43. The zero-order valence-corrected chi connectivity index (χ0v) is 15.4. The molecule has 0 radical (unpaired) electrons. The van der Waals surface area contributed by atoms with Gasteiger partial charge in [0.25, 0.3) is 0 Å². The first-order valence-corrected chi connectivity index (χ1v) is 9.13. The number of nitrogens with one attached hydrogen (secondary N) is 1. The molecule has 1 aromatic rings. The molecule has 2 unspecified atom stereocenters. The summed E-state index contributed by atoms with van der Waals surface area (Å²) in [5.41, 5.74) is 1.58. The van der Waals surface area contributed by atoms with Crippen molar-refractivity contribution >= 4 is 5.91 Å². The summed E-state index contributed by atoms with van der Waals surface area (Å²) in [5, 5.41) is 3.23. The van der Waals surface area contributed by atoms with E-state index in [1.807, 2.05) is 6.07 Å². The van der Waals surface area contributed by atoms with Crippen LogP contribution in [0.25, 0.3) is 0 Å². The first-order chi connectivity index (χ1) is 10.8. The van der Waals surface area contributed by atoms with Gasteiger partial charge in [0, 0.05) is 12.5 Å². The Labute approximate surface area is 142 Å². The van der Waals surface area contributed by atoms with Crippen molar-refractivity contribution in [2.24, 2.45) is 23.2 Å². The molecule has 2 rings (SSSR count). The lowest BCUT2D eigenvalue weighted by Gasteiger charge is -2.41. The van der Waals surface area contributed by atoms with E-state index >= 15 is 0 Å². The van der Waals surface area contributed by atoms with Crippen LogP contribution in [0.2, 0.25) is 0 Å². The van der Waals surface area contributed by atoms with Gasteiger partial charge in [-0.2, -0.15) is 0 Å². The highest BCUT2D eigenvalue weighted by Crippen LogP contribution is 2.44. The van der Waals surface area contributed by atoms with Gasteiger partial charge < -0.3 is 5.32 Å². The van der Waals surface area contributed by atoms with Crippen molar-refractivity contribution in [2.75, 3.05) is 6.54 Å². The van der Waals surface area contributed by atoms with Crippen LogP contribution in [-0.2, 0) is 4.79 Å². The van der Waals surface area contributed by atoms with Gasteiger partial charge in [-0.1, -0.05) is 65.0 Å². The Bertz CT molecular complexity index is 506. The second kappa shape index (κ2) is 7.51. The monoisotopic (exact) mass is 315 g/mol. The molecule has 1 saturated carbocycles. The zero-order chi connectivity index (χ0) is 17.0. The normalized spacial score (nSPS) is 25.1. The second-order valence-electron chi connectivity index (χ2n) is 8.48. The smallest absolute Gasteiger partial charge is 0.223 e. The first-order valence-electron chi connectivity index (χ1n) is 9.13. The van der Waals surface area contributed by atoms with Gasteiger partial charge in [0.05, 0.1) is 0 Å². The Morgan fingerprint density at radius 3 is 2.48 bits per heavy atom. The summed E-state index contributed by atoms with van der Waals surface area (Å²) in [6.45, 7) is 12.0. The number of carbonyl (C=O) groups excluding carboxylic acids is 1. The molecule has 1 N–H and O–H groups in total. The molecular formula is C21H33NO. The van der Waals surface area contributed by atoms with Gasteiger partial charge in [0.1, 0.15) is 0 Å². The van der Waals surface area contributed by atoms with E-state index in [2.05, 4.69) is 64.2 Å². The average Bonchev–Trinajstić information content (AvgIpc) is 2.51. The van der Waals surface area contributed by atoms with Crippen LogP contribution < -0.4 is 5.32 Å². The molecule has 128 valence electrons. The van der Waals surface area contributed by atoms with E-state index in [0.29, 0.717) is 23.2 Å². The van der Waals surface area contributed by atoms with Crippen LogP contribution in [0, 0.1) is 23.2 Å². The lowest BCUT2D eigenvalue weighted by atomic mass is 9.64. The summed E-state index contributed by atoms with van der Waals surface area (Å²) in [6, 6.07) is 10.4. The fourth-order valence-corrected chi connectivity index (χ4v) is 3.98. The molecule has 0 saturated heterocycles. The molecule has 0 spiro atoms. The van der Waals surface area contributed by atoms with Crippen molar-refractivity contribution in [1.82, 2.24) is 5.32 Å². The zero-order valence-electron chi connectivity index (χ0n) is 15.4. The summed E-state index contributed by atoms with van der Waals surface area (Å²) in [7, 11) is 0. The molecule has 2 nitrogen and oxygen atoms in total. The number of hydrogen-bond acceptors (Lipinski definition) is 1. The molecule has 1 fully saturated rings. The van der Waals surface area contributed by atoms with Crippen LogP contribution in [-0.4, -0.2) is 12.5 Å². The third kappa shape index (κ3) is 4.83. The summed E-state index contributed by atoms with van der Waals surface area (Å²) in [4.78, 5) is 12.8. The van der Waals surface area contributed by atoms with Crippen molar-refractivity contribution in [3.63, 3.8) is 0 Å². The van der Waals surface area contributed by atoms with Gasteiger partial charge in [-0.15, -0.1) is 0 Å². The lowest BCUT2D eigenvalue weighted by molar-refractivity contribution is -0.130. The largest absolute Gasteiger partial charge is 0.355 e. The highest BCUT2D eigenvalue weighted by molar-refractivity contribution is 5.79. The molecule has 0 heterocycles. The van der Waals surface area contributed by atoms with E-state index in [4.69, 9.17) is 0 Å². The van der Waals surface area contributed by atoms with Crippen molar-refractivity contribution < 1.29 is 4.79 Å². The average molecular weight is 316 g/mol. The van der Waals surface area contributed by atoms with E-state index in [9.17, 15) is 4.79 Å². The molecule has 23 heavy (non-hydrogen) atoms. The molecule has 0 aliphatic heterocycles. The number of hydrogen-bond donors (Lipinski definition) is 1. The van der Waals surface area contributed by atoms with E-state index < -0.39 is 0 Å². The minimum absolute atomic E-state index is 0.168. The highest BCUT2D eigenvalue weighted by atomic mass is 16.1. The van der Waals surface area contributed by atoms with E-state index in [1.54, 1.807) is 0 Å². The minimum Gasteiger partial charge on any atom is -0.355 e. The van der Waals surface area contributed by atoms with E-state index in [0.717, 1.165) is 13.0 Å². The summed E-state index contributed by atoms with van der Waals surface area (Å²) >= 11 is 0. The van der Waals surface area contributed by atoms with Gasteiger partial charge in [-0.05, 0) is 48.0 Å². The molecule has 1 aliphatic carbocycles. The van der Waals surface area contributed by atoms with Crippen LogP contribution in [0.1, 0.15) is 65.4 Å². The van der Waals surface area contributed by atoms with Crippen molar-refractivity contribution in [2.45, 2.75) is 59.8 Å². The number of amides is 1. The van der Waals surface area contributed by atoms with E-state index in [-0.39, 0.29) is 11.8 Å². The van der Waals surface area contributed by atoms with Gasteiger partial charge >= 0.3 is 0 Å². The predicted molar refractivity (Wildman–Crippen MR) is 97.3 cm³/mol. The Hall–Kier alpha value is -1.31. The topological polar surface area (TPSA) is 29.1 Å². The number of rotatable bonds is 5. The van der Waals surface area contributed by atoms with Gasteiger partial charge in [-0.3, -0.25) is 4.79 Å². The maximum absolute atomic E-state index is 12.8. The standard InChI is InChI=1S/C21H33NO/c1-15(2)18-11-12-21(4,5)13-19(18)20(23)22-14-16(3)17-9-7-6-8-10-17/h6-10,15-16,18-19H,11-14H2,1-5H3,(H,22,23)/t16-,18?,19?/m1/s1. The van der Waals surface area contributed by atoms with Crippen molar-refractivity contribution in [1.29, 1.82) is 0 Å². The Morgan fingerprint density at radius 1 is 1.22 bits per heavy atom. The molecule has 1 aliphatic rings. The highest BCUT2D eigenvalue weighted by Gasteiger charge is 2.39. The van der Waals surface area contributed by atoms with Crippen LogP contribution in [0.3, 0.4) is 0 Å². The van der Waals surface area contributed by atoms with Crippen molar-refractivity contribution in [3.8, 4) is 0 Å². The summed E-state index contributed by atoms with van der Waals surface area (Å²) < 4.78 is 0. The number of benzene rings is 1. The van der Waals surface area contributed by atoms with Crippen LogP contribution in [0.5, 0.6) is 0 Å². The molecule has 0 bridgehead atoms. The first kappa shape index (κ1) is 18.0. The minimum atomic E-state index is 0.168. The predicted octanol–water partition coefficient (Wildman–Crippen LogP) is 5.00. The molecule has 2 heteroatoms. The lowest BCUT2D eigenvalue weighted by Crippen LogP contribution is -2.43. The van der Waals surface area contributed by atoms with Gasteiger partial charge in [0.15, 0.2) is 0 Å². The number of carbonyl (C=O) groups is 1. The van der Waals surface area contributed by atoms with Crippen LogP contribution in [0.4, 0.5) is 0 Å². The fraction of sp³-hybridized carbons (Fsp3) is 0.667. The molecule has 3 atom stereocenters. The second-order valence-corrected chi connectivity index (χ2v) is 8.48. The Kier molecular flexibility index (Phi) is 5.89. The molecule has 1 aromatic carbocycles. The van der Waals surface area contributed by atoms with Crippen molar-refractivity contribution in [3.05, 3.63) is 35.9 Å². The fourth-order valence-electron chi connectivity index (χ4n) is 3.98. The molecular weight excluding hydrogens is 282 g/mol. The Morgan fingerprint density at radius 2 is 1.87 bits per heavy atom. The third-order valence-corrected chi connectivity index (χ3v) is 5.59. The maximum atomic E-state index is 12.8. The van der Waals surface area contributed by atoms with Crippen LogP contribution in [0.15, 0.2) is 30.3 Å². The maximum Gasteiger partial charge on any atom is 0.223 e. The van der Waals surface area contributed by atoms with E-state index in [1.165, 1.54) is 18.4 Å². The SMILES string of the molecule is CC(C)C1CCC(C)(C)CC1C(=O)NC[C@@H](C)c1ccccc1. The summed E-state index contributed by atoms with van der Waals surface area (Å²) in [5.74, 6) is 1.89. The quantitative estimate of drug-likeness (QED) is 0.813. The molecule has 1 amide bonds. The van der Waals surface area contributed by atoms with Crippen LogP contribution >= 0.6 is 0 Å². The molecule has 0 aromatic heterocycles. The van der Waals surface area contributed by atoms with Gasteiger partial charge in [0.2, 0.25) is 5.91 Å².